The van der Waals surface area contributed by atoms with Crippen LogP contribution in [-0.4, -0.2) is 38.9 Å². The molecule has 1 aromatic carbocycles. The van der Waals surface area contributed by atoms with Crippen molar-refractivity contribution in [3.8, 4) is 0 Å². The second-order valence-electron chi connectivity index (χ2n) is 5.36. The number of hydrogen-bond donors (Lipinski definition) is 1. The van der Waals surface area contributed by atoms with Gasteiger partial charge < -0.3 is 9.32 Å². The molecule has 1 saturated heterocycles. The zero-order valence-corrected chi connectivity index (χ0v) is 13.6. The van der Waals surface area contributed by atoms with Crippen LogP contribution in [0.2, 0.25) is 5.02 Å². The monoisotopic (exact) mass is 341 g/mol. The van der Waals surface area contributed by atoms with Crippen molar-refractivity contribution in [2.45, 2.75) is 11.4 Å². The molecule has 3 rings (SSSR count). The number of nitrogens with zero attached hydrogens (tertiary/aromatic N) is 1. The third-order valence-electron chi connectivity index (χ3n) is 3.89. The van der Waals surface area contributed by atoms with Crippen LogP contribution in [0.1, 0.15) is 5.76 Å². The molecule has 0 saturated carbocycles. The van der Waals surface area contributed by atoms with Crippen molar-refractivity contribution in [2.75, 3.05) is 26.2 Å². The highest BCUT2D eigenvalue weighted by molar-refractivity contribution is 7.89. The number of sulfonamides is 1. The number of nitrogens with one attached hydrogen (secondary N) is 1. The fraction of sp³-hybridized carbons (Fsp3) is 0.333. The zero-order chi connectivity index (χ0) is 15.6. The standard InChI is InChI=1S/C15H17ClN2O3S/c16-13-3-5-15(6-4-13)22(19,20)18-9-7-17(8-10-18)12-14-2-1-11-21-14/h1-6,11H,7-10,12H2/p+1. The minimum Gasteiger partial charge on any atom is -0.463 e. The summed E-state index contributed by atoms with van der Waals surface area (Å²) in [5, 5.41) is 0.534. The SMILES string of the molecule is O=S(=O)(c1ccc(Cl)cc1)N1CC[NH+](Cc2ccco2)CC1. The number of benzene rings is 1. The summed E-state index contributed by atoms with van der Waals surface area (Å²) in [6.07, 6.45) is 1.66. The molecule has 0 bridgehead atoms. The van der Waals surface area contributed by atoms with E-state index in [9.17, 15) is 8.42 Å². The summed E-state index contributed by atoms with van der Waals surface area (Å²) < 4.78 is 32.0. The fourth-order valence-electron chi connectivity index (χ4n) is 2.63. The Morgan fingerprint density at radius 1 is 1.14 bits per heavy atom. The summed E-state index contributed by atoms with van der Waals surface area (Å²) in [4.78, 5) is 1.63. The van der Waals surface area contributed by atoms with E-state index in [1.54, 1.807) is 34.8 Å². The topological polar surface area (TPSA) is 55.0 Å². The van der Waals surface area contributed by atoms with E-state index in [0.29, 0.717) is 23.0 Å². The average Bonchev–Trinajstić information content (AvgIpc) is 3.01. The van der Waals surface area contributed by atoms with Gasteiger partial charge in [0.2, 0.25) is 10.0 Å². The van der Waals surface area contributed by atoms with Crippen LogP contribution < -0.4 is 4.90 Å². The Morgan fingerprint density at radius 3 is 2.41 bits per heavy atom. The molecule has 1 aliphatic rings. The molecule has 1 aromatic heterocycles. The third kappa shape index (κ3) is 3.35. The van der Waals surface area contributed by atoms with E-state index in [4.69, 9.17) is 16.0 Å². The van der Waals surface area contributed by atoms with Crippen molar-refractivity contribution in [1.82, 2.24) is 4.31 Å². The van der Waals surface area contributed by atoms with Gasteiger partial charge in [-0.05, 0) is 36.4 Å². The summed E-state index contributed by atoms with van der Waals surface area (Å²) >= 11 is 5.81. The van der Waals surface area contributed by atoms with Gasteiger partial charge in [0.15, 0.2) is 5.76 Å². The van der Waals surface area contributed by atoms with Crippen LogP contribution in [0.5, 0.6) is 0 Å². The molecule has 22 heavy (non-hydrogen) atoms. The molecule has 1 N–H and O–H groups in total. The highest BCUT2D eigenvalue weighted by Crippen LogP contribution is 2.18. The molecule has 1 fully saturated rings. The van der Waals surface area contributed by atoms with Gasteiger partial charge in [-0.25, -0.2) is 8.42 Å². The predicted molar refractivity (Wildman–Crippen MR) is 83.3 cm³/mol. The molecular weight excluding hydrogens is 324 g/mol. The average molecular weight is 342 g/mol. The van der Waals surface area contributed by atoms with Gasteiger partial charge in [0.05, 0.1) is 37.3 Å². The molecule has 0 amide bonds. The molecule has 7 heteroatoms. The van der Waals surface area contributed by atoms with Crippen molar-refractivity contribution in [1.29, 1.82) is 0 Å². The lowest BCUT2D eigenvalue weighted by Crippen LogP contribution is -3.13. The fourth-order valence-corrected chi connectivity index (χ4v) is 4.20. The molecule has 0 aliphatic carbocycles. The first-order chi connectivity index (χ1) is 10.6. The van der Waals surface area contributed by atoms with Crippen LogP contribution in [0.3, 0.4) is 0 Å². The van der Waals surface area contributed by atoms with Crippen molar-refractivity contribution in [3.05, 3.63) is 53.4 Å². The van der Waals surface area contributed by atoms with Gasteiger partial charge in [-0.15, -0.1) is 0 Å². The Kier molecular flexibility index (Phi) is 4.54. The lowest BCUT2D eigenvalue weighted by Gasteiger charge is -2.31. The smallest absolute Gasteiger partial charge is 0.243 e. The highest BCUT2D eigenvalue weighted by Gasteiger charge is 2.30. The molecule has 0 unspecified atom stereocenters. The number of furan rings is 1. The van der Waals surface area contributed by atoms with Crippen LogP contribution in [0.25, 0.3) is 0 Å². The Hall–Kier alpha value is -1.34. The molecule has 5 nitrogen and oxygen atoms in total. The van der Waals surface area contributed by atoms with E-state index in [0.717, 1.165) is 25.4 Å². The van der Waals surface area contributed by atoms with Gasteiger partial charge in [0.1, 0.15) is 6.54 Å². The van der Waals surface area contributed by atoms with Crippen LogP contribution in [0.4, 0.5) is 0 Å². The Labute approximate surface area is 135 Å². The van der Waals surface area contributed by atoms with Crippen LogP contribution in [-0.2, 0) is 16.6 Å². The zero-order valence-electron chi connectivity index (χ0n) is 12.0. The summed E-state index contributed by atoms with van der Waals surface area (Å²) in [6.45, 7) is 3.37. The maximum atomic E-state index is 12.6. The highest BCUT2D eigenvalue weighted by atomic mass is 35.5. The minimum atomic E-state index is -3.43. The van der Waals surface area contributed by atoms with Crippen LogP contribution in [0.15, 0.2) is 52.0 Å². The van der Waals surface area contributed by atoms with Gasteiger partial charge >= 0.3 is 0 Å². The largest absolute Gasteiger partial charge is 0.463 e. The summed E-state index contributed by atoms with van der Waals surface area (Å²) in [5.41, 5.74) is 0. The number of quaternary nitrogens is 1. The molecule has 0 spiro atoms. The lowest BCUT2D eigenvalue weighted by molar-refractivity contribution is -0.918. The quantitative estimate of drug-likeness (QED) is 0.903. The number of halogens is 1. The van der Waals surface area contributed by atoms with Crippen LogP contribution >= 0.6 is 11.6 Å². The molecule has 118 valence electrons. The van der Waals surface area contributed by atoms with Gasteiger partial charge in [0.25, 0.3) is 0 Å². The second-order valence-corrected chi connectivity index (χ2v) is 7.74. The first-order valence-corrected chi connectivity index (χ1v) is 8.99. The van der Waals surface area contributed by atoms with Crippen molar-refractivity contribution in [2.24, 2.45) is 0 Å². The predicted octanol–water partition coefficient (Wildman–Crippen LogP) is 1.02. The Morgan fingerprint density at radius 2 is 1.82 bits per heavy atom. The first kappa shape index (κ1) is 15.6. The van der Waals surface area contributed by atoms with Gasteiger partial charge in [-0.3, -0.25) is 0 Å². The number of rotatable bonds is 4. The molecule has 2 heterocycles. The van der Waals surface area contributed by atoms with E-state index in [-0.39, 0.29) is 0 Å². The van der Waals surface area contributed by atoms with Gasteiger partial charge in [-0.2, -0.15) is 4.31 Å². The summed E-state index contributed by atoms with van der Waals surface area (Å²) in [5.74, 6) is 0.934. The van der Waals surface area contributed by atoms with Crippen molar-refractivity contribution in [3.63, 3.8) is 0 Å². The van der Waals surface area contributed by atoms with E-state index in [1.807, 2.05) is 12.1 Å². The van der Waals surface area contributed by atoms with Crippen molar-refractivity contribution < 1.29 is 17.7 Å². The van der Waals surface area contributed by atoms with Crippen molar-refractivity contribution >= 4 is 21.6 Å². The Bertz CT molecular complexity index is 706. The second kappa shape index (κ2) is 6.42. The normalized spacial score (nSPS) is 17.7. The maximum absolute atomic E-state index is 12.6. The number of piperazine rings is 1. The third-order valence-corrected chi connectivity index (χ3v) is 6.05. The molecule has 2 aromatic rings. The molecule has 1 aliphatic heterocycles. The Balaban J connectivity index is 1.64. The first-order valence-electron chi connectivity index (χ1n) is 7.17. The van der Waals surface area contributed by atoms with Crippen LogP contribution in [0, 0.1) is 0 Å². The van der Waals surface area contributed by atoms with E-state index < -0.39 is 10.0 Å². The van der Waals surface area contributed by atoms with Gasteiger partial charge in [0, 0.05) is 5.02 Å². The summed E-state index contributed by atoms with van der Waals surface area (Å²) in [7, 11) is -3.43. The van der Waals surface area contributed by atoms with E-state index in [1.165, 1.54) is 4.90 Å². The summed E-state index contributed by atoms with van der Waals surface area (Å²) in [6, 6.07) is 10.1. The number of hydrogen-bond acceptors (Lipinski definition) is 3. The van der Waals surface area contributed by atoms with Gasteiger partial charge in [-0.1, -0.05) is 11.6 Å². The lowest BCUT2D eigenvalue weighted by atomic mass is 10.3. The molecule has 0 radical (unpaired) electrons. The minimum absolute atomic E-state index is 0.298. The molecule has 0 atom stereocenters. The van der Waals surface area contributed by atoms with E-state index >= 15 is 0 Å². The maximum Gasteiger partial charge on any atom is 0.243 e. The van der Waals surface area contributed by atoms with E-state index in [2.05, 4.69) is 0 Å². The molecular formula is C15H18ClN2O3S+.